The summed E-state index contributed by atoms with van der Waals surface area (Å²) >= 11 is 0. The van der Waals surface area contributed by atoms with Crippen LogP contribution in [0.4, 0.5) is 15.9 Å². The number of nitrogens with one attached hydrogen (secondary N) is 2. The summed E-state index contributed by atoms with van der Waals surface area (Å²) in [6, 6.07) is 8.65. The Morgan fingerprint density at radius 2 is 1.86 bits per heavy atom. The van der Waals surface area contributed by atoms with Gasteiger partial charge in [-0.15, -0.1) is 0 Å². The highest BCUT2D eigenvalue weighted by Crippen LogP contribution is 2.37. The van der Waals surface area contributed by atoms with Crippen molar-refractivity contribution in [3.63, 3.8) is 0 Å². The van der Waals surface area contributed by atoms with Gasteiger partial charge in [-0.3, -0.25) is 10.1 Å². The Morgan fingerprint density at radius 3 is 2.59 bits per heavy atom. The summed E-state index contributed by atoms with van der Waals surface area (Å²) in [5, 5.41) is 21.5. The molecule has 0 radical (unpaired) electrons. The summed E-state index contributed by atoms with van der Waals surface area (Å²) in [4.78, 5) is 4.04. The first-order valence-electron chi connectivity index (χ1n) is 8.85. The molecule has 0 aliphatic carbocycles. The molecule has 0 bridgehead atoms. The number of halogens is 1. The quantitative estimate of drug-likeness (QED) is 0.462. The van der Waals surface area contributed by atoms with Crippen molar-refractivity contribution in [2.24, 2.45) is 0 Å². The van der Waals surface area contributed by atoms with Crippen molar-refractivity contribution in [2.45, 2.75) is 30.4 Å². The lowest BCUT2D eigenvalue weighted by atomic mass is 10.1. The van der Waals surface area contributed by atoms with E-state index in [1.165, 1.54) is 30.5 Å². The summed E-state index contributed by atoms with van der Waals surface area (Å²) in [7, 11) is -3.79. The minimum Gasteiger partial charge on any atom is -0.507 e. The third kappa shape index (κ3) is 3.17. The van der Waals surface area contributed by atoms with Gasteiger partial charge in [0, 0.05) is 23.0 Å². The minimum atomic E-state index is -3.79. The molecule has 2 heterocycles. The number of nitrogens with zero attached hydrogens (tertiary/aromatic N) is 2. The summed E-state index contributed by atoms with van der Waals surface area (Å²) in [6.07, 6.45) is 1.53. The van der Waals surface area contributed by atoms with Gasteiger partial charge in [0.05, 0.1) is 21.5 Å². The number of aromatic amines is 1. The second-order valence-electron chi connectivity index (χ2n) is 7.70. The van der Waals surface area contributed by atoms with Crippen LogP contribution in [-0.2, 0) is 9.84 Å². The Kier molecular flexibility index (Phi) is 4.23. The lowest BCUT2D eigenvalue weighted by Gasteiger charge is -2.20. The molecule has 0 unspecified atom stereocenters. The summed E-state index contributed by atoms with van der Waals surface area (Å²) in [5.41, 5.74) is 1.59. The molecule has 0 saturated heterocycles. The van der Waals surface area contributed by atoms with Gasteiger partial charge in [-0.2, -0.15) is 5.10 Å². The minimum absolute atomic E-state index is 0.175. The molecular formula is C20H19FN4O3S. The number of hydrogen-bond donors (Lipinski definition) is 3. The molecule has 0 atom stereocenters. The van der Waals surface area contributed by atoms with Crippen molar-refractivity contribution in [1.29, 1.82) is 0 Å². The summed E-state index contributed by atoms with van der Waals surface area (Å²) in [6.45, 7) is 4.70. The number of sulfone groups is 1. The van der Waals surface area contributed by atoms with Gasteiger partial charge in [0.2, 0.25) is 0 Å². The zero-order valence-corrected chi connectivity index (χ0v) is 16.8. The van der Waals surface area contributed by atoms with Crippen LogP contribution in [0.1, 0.15) is 20.8 Å². The first-order chi connectivity index (χ1) is 13.6. The monoisotopic (exact) mass is 414 g/mol. The van der Waals surface area contributed by atoms with E-state index in [0.29, 0.717) is 33.3 Å². The molecule has 7 nitrogen and oxygen atoms in total. The lowest BCUT2D eigenvalue weighted by Crippen LogP contribution is -2.28. The highest BCUT2D eigenvalue weighted by Gasteiger charge is 2.33. The molecule has 0 amide bonds. The van der Waals surface area contributed by atoms with Crippen molar-refractivity contribution >= 4 is 43.1 Å². The van der Waals surface area contributed by atoms with Crippen LogP contribution in [0, 0.1) is 5.82 Å². The number of rotatable bonds is 3. The Bertz CT molecular complexity index is 1360. The maximum absolute atomic E-state index is 13.7. The van der Waals surface area contributed by atoms with Crippen LogP contribution in [-0.4, -0.2) is 33.5 Å². The second kappa shape index (κ2) is 6.41. The molecule has 0 spiro atoms. The van der Waals surface area contributed by atoms with Crippen molar-refractivity contribution in [1.82, 2.24) is 15.2 Å². The fraction of sp³-hybridized carbons (Fsp3) is 0.200. The first kappa shape index (κ1) is 19.1. The number of aromatic nitrogens is 3. The average molecular weight is 414 g/mol. The van der Waals surface area contributed by atoms with E-state index in [4.69, 9.17) is 0 Å². The summed E-state index contributed by atoms with van der Waals surface area (Å²) in [5.74, 6) is -0.366. The Labute approximate surface area is 166 Å². The predicted molar refractivity (Wildman–Crippen MR) is 110 cm³/mol. The number of hydrogen-bond acceptors (Lipinski definition) is 6. The zero-order valence-electron chi connectivity index (χ0n) is 16.0. The molecule has 0 aliphatic heterocycles. The molecule has 0 fully saturated rings. The van der Waals surface area contributed by atoms with E-state index < -0.39 is 20.4 Å². The van der Waals surface area contributed by atoms with Crippen LogP contribution >= 0.6 is 0 Å². The lowest BCUT2D eigenvalue weighted by molar-refractivity contribution is 0.457. The van der Waals surface area contributed by atoms with E-state index in [1.807, 2.05) is 0 Å². The normalized spacial score (nSPS) is 12.6. The van der Waals surface area contributed by atoms with E-state index >= 15 is 0 Å². The number of anilines is 2. The average Bonchev–Trinajstić information content (AvgIpc) is 3.02. The molecule has 4 rings (SSSR count). The van der Waals surface area contributed by atoms with E-state index in [2.05, 4.69) is 20.5 Å². The van der Waals surface area contributed by atoms with Crippen molar-refractivity contribution < 1.29 is 17.9 Å². The smallest absolute Gasteiger partial charge is 0.186 e. The topological polar surface area (TPSA) is 108 Å². The van der Waals surface area contributed by atoms with E-state index in [0.717, 1.165) is 0 Å². The number of pyridine rings is 1. The third-order valence-corrected chi connectivity index (χ3v) is 7.21. The molecule has 0 saturated carbocycles. The van der Waals surface area contributed by atoms with Gasteiger partial charge in [0.15, 0.2) is 15.7 Å². The Morgan fingerprint density at radius 1 is 1.10 bits per heavy atom. The molecule has 3 N–H and O–H groups in total. The van der Waals surface area contributed by atoms with Crippen molar-refractivity contribution in [2.75, 3.05) is 5.32 Å². The largest absolute Gasteiger partial charge is 0.507 e. The molecule has 150 valence electrons. The van der Waals surface area contributed by atoms with Gasteiger partial charge in [-0.1, -0.05) is 0 Å². The molecule has 2 aromatic heterocycles. The number of aromatic hydroxyl groups is 1. The zero-order chi connectivity index (χ0) is 21.0. The van der Waals surface area contributed by atoms with Crippen LogP contribution in [0.15, 0.2) is 47.5 Å². The predicted octanol–water partition coefficient (Wildman–Crippen LogP) is 4.27. The molecule has 29 heavy (non-hydrogen) atoms. The van der Waals surface area contributed by atoms with Crippen LogP contribution in [0.2, 0.25) is 0 Å². The van der Waals surface area contributed by atoms with E-state index in [9.17, 15) is 17.9 Å². The second-order valence-corrected chi connectivity index (χ2v) is 10.4. The maximum atomic E-state index is 13.7. The Hall–Kier alpha value is -3.20. The van der Waals surface area contributed by atoms with Crippen molar-refractivity contribution in [3.05, 3.63) is 48.4 Å². The first-order valence-corrected chi connectivity index (χ1v) is 10.3. The van der Waals surface area contributed by atoms with Crippen molar-refractivity contribution in [3.8, 4) is 5.75 Å². The molecule has 9 heteroatoms. The number of phenols is 1. The SMILES string of the molecule is CC(C)(C)S(=O)(=O)c1cc2c(Nc3n[nH]c4ccc(F)cc34)ccnc2cc1O. The molecule has 2 aromatic carbocycles. The fourth-order valence-corrected chi connectivity index (χ4v) is 4.29. The molecule has 0 aliphatic rings. The van der Waals surface area contributed by atoms with Gasteiger partial charge in [0.25, 0.3) is 0 Å². The molecular weight excluding hydrogens is 395 g/mol. The highest BCUT2D eigenvalue weighted by atomic mass is 32.2. The maximum Gasteiger partial charge on any atom is 0.186 e. The van der Waals surface area contributed by atoms with Gasteiger partial charge in [-0.25, -0.2) is 12.8 Å². The number of benzene rings is 2. The van der Waals surface area contributed by atoms with E-state index in [-0.39, 0.29) is 10.6 Å². The van der Waals surface area contributed by atoms with Gasteiger partial charge >= 0.3 is 0 Å². The van der Waals surface area contributed by atoms with Gasteiger partial charge in [-0.05, 0) is 51.1 Å². The van der Waals surface area contributed by atoms with Crippen LogP contribution < -0.4 is 5.32 Å². The van der Waals surface area contributed by atoms with Crippen LogP contribution in [0.3, 0.4) is 0 Å². The number of H-pyrrole nitrogens is 1. The Balaban J connectivity index is 1.89. The highest BCUT2D eigenvalue weighted by molar-refractivity contribution is 7.92. The van der Waals surface area contributed by atoms with Crippen LogP contribution in [0.5, 0.6) is 5.75 Å². The third-order valence-electron chi connectivity index (χ3n) is 4.70. The fourth-order valence-electron chi connectivity index (χ4n) is 3.02. The molecule has 4 aromatic rings. The van der Waals surface area contributed by atoms with Crippen LogP contribution in [0.25, 0.3) is 21.8 Å². The van der Waals surface area contributed by atoms with Gasteiger partial charge in [0.1, 0.15) is 16.5 Å². The van der Waals surface area contributed by atoms with E-state index in [1.54, 1.807) is 32.9 Å². The number of phenolic OH excluding ortho intramolecular Hbond substituents is 1. The number of fused-ring (bicyclic) bond motifs is 2. The standard InChI is InChI=1S/C20H19FN4O3S/c1-20(2,3)29(27,28)18-9-12-14(6-7-22-16(12)10-17(18)26)23-19-13-8-11(21)4-5-15(13)24-25-19/h4-10,26H,1-3H3,(H2,22,23,24,25). The summed E-state index contributed by atoms with van der Waals surface area (Å²) < 4.78 is 38.4. The van der Waals surface area contributed by atoms with Gasteiger partial charge < -0.3 is 10.4 Å².